The second-order valence-electron chi connectivity index (χ2n) is 6.51. The third-order valence-electron chi connectivity index (χ3n) is 5.02. The molecule has 1 saturated heterocycles. The normalized spacial score (nSPS) is 31.3. The van der Waals surface area contributed by atoms with Crippen LogP contribution in [0.2, 0.25) is 0 Å². The van der Waals surface area contributed by atoms with Crippen molar-refractivity contribution in [2.45, 2.75) is 38.5 Å². The standard InChI is InChI=1S/C13H24N2O3S/c16-9-11-2-1-7-15(8-11)19(17,18)14-10-13(5-6-13)12-3-4-12/h11-12,14,16H,1-10H2. The van der Waals surface area contributed by atoms with Gasteiger partial charge in [-0.3, -0.25) is 0 Å². The van der Waals surface area contributed by atoms with Crippen molar-refractivity contribution in [2.75, 3.05) is 26.2 Å². The maximum absolute atomic E-state index is 12.3. The van der Waals surface area contributed by atoms with Gasteiger partial charge in [0.25, 0.3) is 10.2 Å². The maximum atomic E-state index is 12.3. The zero-order chi connectivity index (χ0) is 13.5. The Hall–Kier alpha value is -0.170. The Labute approximate surface area is 115 Å². The fraction of sp³-hybridized carbons (Fsp3) is 1.00. The predicted molar refractivity (Wildman–Crippen MR) is 72.7 cm³/mol. The number of aliphatic hydroxyl groups excluding tert-OH is 1. The number of nitrogens with one attached hydrogen (secondary N) is 1. The predicted octanol–water partition coefficient (Wildman–Crippen LogP) is 0.715. The van der Waals surface area contributed by atoms with E-state index in [0.29, 0.717) is 25.0 Å². The van der Waals surface area contributed by atoms with E-state index in [0.717, 1.165) is 18.8 Å². The van der Waals surface area contributed by atoms with Gasteiger partial charge in [-0.1, -0.05) is 0 Å². The van der Waals surface area contributed by atoms with E-state index >= 15 is 0 Å². The first kappa shape index (κ1) is 13.8. The van der Waals surface area contributed by atoms with E-state index in [9.17, 15) is 13.5 Å². The third-order valence-corrected chi connectivity index (χ3v) is 6.54. The van der Waals surface area contributed by atoms with Gasteiger partial charge in [0.05, 0.1) is 0 Å². The first-order valence-corrected chi connectivity index (χ1v) is 8.85. The molecule has 3 fully saturated rings. The maximum Gasteiger partial charge on any atom is 0.279 e. The molecule has 0 aromatic heterocycles. The van der Waals surface area contributed by atoms with Crippen molar-refractivity contribution in [3.05, 3.63) is 0 Å². The Morgan fingerprint density at radius 3 is 2.58 bits per heavy atom. The Bertz CT molecular complexity index is 429. The van der Waals surface area contributed by atoms with Crippen LogP contribution in [-0.4, -0.2) is 44.1 Å². The summed E-state index contributed by atoms with van der Waals surface area (Å²) in [6.45, 7) is 1.74. The summed E-state index contributed by atoms with van der Waals surface area (Å²) < 4.78 is 28.9. The van der Waals surface area contributed by atoms with Gasteiger partial charge in [-0.15, -0.1) is 0 Å². The number of hydrogen-bond donors (Lipinski definition) is 2. The molecule has 0 radical (unpaired) electrons. The van der Waals surface area contributed by atoms with Crippen molar-refractivity contribution in [3.8, 4) is 0 Å². The fourth-order valence-electron chi connectivity index (χ4n) is 3.31. The largest absolute Gasteiger partial charge is 0.396 e. The molecule has 3 aliphatic rings. The third kappa shape index (κ3) is 2.96. The molecule has 1 heterocycles. The van der Waals surface area contributed by atoms with Crippen LogP contribution >= 0.6 is 0 Å². The highest BCUT2D eigenvalue weighted by Crippen LogP contribution is 2.60. The Kier molecular flexibility index (Phi) is 3.62. The molecule has 1 aliphatic heterocycles. The molecule has 0 spiro atoms. The van der Waals surface area contributed by atoms with E-state index < -0.39 is 10.2 Å². The van der Waals surface area contributed by atoms with Gasteiger partial charge in [0, 0.05) is 26.2 Å². The van der Waals surface area contributed by atoms with E-state index in [1.807, 2.05) is 0 Å². The molecule has 2 saturated carbocycles. The highest BCUT2D eigenvalue weighted by molar-refractivity contribution is 7.87. The van der Waals surface area contributed by atoms with Gasteiger partial charge in [-0.25, -0.2) is 4.72 Å². The fourth-order valence-corrected chi connectivity index (χ4v) is 4.74. The molecule has 19 heavy (non-hydrogen) atoms. The van der Waals surface area contributed by atoms with Crippen molar-refractivity contribution < 1.29 is 13.5 Å². The minimum absolute atomic E-state index is 0.0814. The lowest BCUT2D eigenvalue weighted by Crippen LogP contribution is -2.48. The van der Waals surface area contributed by atoms with Crippen LogP contribution in [0.5, 0.6) is 0 Å². The quantitative estimate of drug-likeness (QED) is 0.756. The topological polar surface area (TPSA) is 69.6 Å². The molecule has 6 heteroatoms. The molecule has 3 rings (SSSR count). The van der Waals surface area contributed by atoms with Crippen LogP contribution in [0.4, 0.5) is 0 Å². The van der Waals surface area contributed by atoms with Gasteiger partial charge >= 0.3 is 0 Å². The van der Waals surface area contributed by atoms with Crippen LogP contribution in [0, 0.1) is 17.3 Å². The monoisotopic (exact) mass is 288 g/mol. The summed E-state index contributed by atoms with van der Waals surface area (Å²) in [5.74, 6) is 0.866. The molecular weight excluding hydrogens is 264 g/mol. The highest BCUT2D eigenvalue weighted by Gasteiger charge is 2.53. The van der Waals surface area contributed by atoms with Crippen molar-refractivity contribution in [3.63, 3.8) is 0 Å². The van der Waals surface area contributed by atoms with Crippen LogP contribution in [-0.2, 0) is 10.2 Å². The summed E-state index contributed by atoms with van der Waals surface area (Å²) in [6, 6.07) is 0. The average Bonchev–Trinajstić information content (AvgIpc) is 3.29. The molecular formula is C13H24N2O3S. The zero-order valence-electron chi connectivity index (χ0n) is 11.3. The molecule has 110 valence electrons. The summed E-state index contributed by atoms with van der Waals surface area (Å²) in [5.41, 5.74) is 0.291. The zero-order valence-corrected chi connectivity index (χ0v) is 12.2. The summed E-state index contributed by atoms with van der Waals surface area (Å²) in [6.07, 6.45) is 6.68. The molecule has 1 unspecified atom stereocenters. The molecule has 2 N–H and O–H groups in total. The first-order valence-electron chi connectivity index (χ1n) is 7.41. The number of aliphatic hydroxyl groups is 1. The van der Waals surface area contributed by atoms with Gasteiger partial charge in [-0.05, 0) is 55.8 Å². The van der Waals surface area contributed by atoms with Crippen molar-refractivity contribution >= 4 is 10.2 Å². The van der Waals surface area contributed by atoms with Crippen LogP contribution in [0.1, 0.15) is 38.5 Å². The van der Waals surface area contributed by atoms with Gasteiger partial charge in [0.15, 0.2) is 0 Å². The van der Waals surface area contributed by atoms with Gasteiger partial charge in [-0.2, -0.15) is 12.7 Å². The second kappa shape index (κ2) is 4.98. The van der Waals surface area contributed by atoms with Crippen molar-refractivity contribution in [1.29, 1.82) is 0 Å². The highest BCUT2D eigenvalue weighted by atomic mass is 32.2. The lowest BCUT2D eigenvalue weighted by Gasteiger charge is -2.31. The van der Waals surface area contributed by atoms with E-state index in [2.05, 4.69) is 4.72 Å². The number of rotatable bonds is 6. The van der Waals surface area contributed by atoms with Crippen molar-refractivity contribution in [2.24, 2.45) is 17.3 Å². The van der Waals surface area contributed by atoms with Crippen LogP contribution in [0.25, 0.3) is 0 Å². The van der Waals surface area contributed by atoms with Gasteiger partial charge in [0.2, 0.25) is 0 Å². The molecule has 2 aliphatic carbocycles. The van der Waals surface area contributed by atoms with Crippen LogP contribution in [0.3, 0.4) is 0 Å². The van der Waals surface area contributed by atoms with Gasteiger partial charge in [0.1, 0.15) is 0 Å². The first-order chi connectivity index (χ1) is 9.06. The van der Waals surface area contributed by atoms with E-state index in [1.165, 1.54) is 30.0 Å². The molecule has 0 amide bonds. The Morgan fingerprint density at radius 1 is 1.26 bits per heavy atom. The van der Waals surface area contributed by atoms with E-state index in [1.54, 1.807) is 0 Å². The smallest absolute Gasteiger partial charge is 0.279 e. The van der Waals surface area contributed by atoms with E-state index in [4.69, 9.17) is 0 Å². The summed E-state index contributed by atoms with van der Waals surface area (Å²) in [5, 5.41) is 9.18. The molecule has 5 nitrogen and oxygen atoms in total. The molecule has 0 bridgehead atoms. The minimum Gasteiger partial charge on any atom is -0.396 e. The molecule has 0 aromatic carbocycles. The lowest BCUT2D eigenvalue weighted by molar-refractivity contribution is 0.164. The average molecular weight is 288 g/mol. The minimum atomic E-state index is -3.35. The van der Waals surface area contributed by atoms with Crippen LogP contribution < -0.4 is 4.72 Å². The van der Waals surface area contributed by atoms with Crippen LogP contribution in [0.15, 0.2) is 0 Å². The summed E-state index contributed by atoms with van der Waals surface area (Å²) >= 11 is 0. The lowest BCUT2D eigenvalue weighted by atomic mass is 10.0. The SMILES string of the molecule is O=S(=O)(NCC1(C2CC2)CC1)N1CCCC(CO)C1. The van der Waals surface area contributed by atoms with E-state index in [-0.39, 0.29) is 12.5 Å². The summed E-state index contributed by atoms with van der Waals surface area (Å²) in [4.78, 5) is 0. The number of hydrogen-bond acceptors (Lipinski definition) is 3. The molecule has 0 aromatic rings. The van der Waals surface area contributed by atoms with Gasteiger partial charge < -0.3 is 5.11 Å². The summed E-state index contributed by atoms with van der Waals surface area (Å²) in [7, 11) is -3.35. The second-order valence-corrected chi connectivity index (χ2v) is 8.27. The Morgan fingerprint density at radius 2 is 2.00 bits per heavy atom. The Balaban J connectivity index is 1.56. The molecule has 1 atom stereocenters. The van der Waals surface area contributed by atoms with Crippen molar-refractivity contribution in [1.82, 2.24) is 9.03 Å². The number of nitrogens with zero attached hydrogens (tertiary/aromatic N) is 1. The number of piperidine rings is 1.